The van der Waals surface area contributed by atoms with Gasteiger partial charge in [0.15, 0.2) is 0 Å². The molecule has 4 rings (SSSR count). The molecule has 0 saturated heterocycles. The van der Waals surface area contributed by atoms with Crippen LogP contribution in [0.3, 0.4) is 0 Å². The van der Waals surface area contributed by atoms with Gasteiger partial charge in [-0.25, -0.2) is 4.98 Å². The molecule has 1 aliphatic rings. The molecule has 25 heavy (non-hydrogen) atoms. The van der Waals surface area contributed by atoms with Crippen molar-refractivity contribution in [3.63, 3.8) is 0 Å². The van der Waals surface area contributed by atoms with Crippen molar-refractivity contribution in [3.8, 4) is 17.0 Å². The van der Waals surface area contributed by atoms with Gasteiger partial charge in [-0.2, -0.15) is 4.98 Å². The van der Waals surface area contributed by atoms with E-state index in [4.69, 9.17) is 4.74 Å². The minimum absolute atomic E-state index is 0.484. The number of hydrogen-bond acceptors (Lipinski definition) is 6. The predicted octanol–water partition coefficient (Wildman–Crippen LogP) is 3.87. The third-order valence-electron chi connectivity index (χ3n) is 3.95. The Morgan fingerprint density at radius 2 is 1.88 bits per heavy atom. The van der Waals surface area contributed by atoms with E-state index >= 15 is 0 Å². The first kappa shape index (κ1) is 15.4. The standard InChI is InChI=1S/C19H19N5O/c1-25-16-4-2-3-15(11-16)21-18-12-17(13-7-9-20-10-8-13)23-19(24-18)22-14-5-6-14/h2-4,7-12,14H,5-6H2,1H3,(H2,21,22,23,24). The lowest BCUT2D eigenvalue weighted by Gasteiger charge is -2.11. The van der Waals surface area contributed by atoms with Crippen LogP contribution in [0.4, 0.5) is 17.5 Å². The van der Waals surface area contributed by atoms with E-state index in [1.54, 1.807) is 19.5 Å². The van der Waals surface area contributed by atoms with Crippen LogP contribution in [0, 0.1) is 0 Å². The van der Waals surface area contributed by atoms with E-state index in [1.807, 2.05) is 42.5 Å². The molecule has 0 atom stereocenters. The Labute approximate surface area is 146 Å². The van der Waals surface area contributed by atoms with E-state index in [-0.39, 0.29) is 0 Å². The maximum atomic E-state index is 5.28. The van der Waals surface area contributed by atoms with Crippen LogP contribution >= 0.6 is 0 Å². The molecule has 6 nitrogen and oxygen atoms in total. The lowest BCUT2D eigenvalue weighted by molar-refractivity contribution is 0.415. The Balaban J connectivity index is 1.67. The van der Waals surface area contributed by atoms with Crippen molar-refractivity contribution in [1.82, 2.24) is 15.0 Å². The van der Waals surface area contributed by atoms with Crippen molar-refractivity contribution in [2.75, 3.05) is 17.7 Å². The Bertz CT molecular complexity index is 865. The zero-order chi connectivity index (χ0) is 17.1. The fraction of sp³-hybridized carbons (Fsp3) is 0.211. The first-order valence-electron chi connectivity index (χ1n) is 8.27. The normalized spacial score (nSPS) is 13.3. The summed E-state index contributed by atoms with van der Waals surface area (Å²) in [5, 5.41) is 6.71. The van der Waals surface area contributed by atoms with E-state index in [9.17, 15) is 0 Å². The van der Waals surface area contributed by atoms with Crippen LogP contribution in [0.5, 0.6) is 5.75 Å². The Kier molecular flexibility index (Phi) is 4.16. The number of nitrogens with zero attached hydrogens (tertiary/aromatic N) is 3. The third kappa shape index (κ3) is 3.85. The molecule has 0 amide bonds. The van der Waals surface area contributed by atoms with Gasteiger partial charge in [0.25, 0.3) is 0 Å². The average molecular weight is 333 g/mol. The average Bonchev–Trinajstić information content (AvgIpc) is 3.46. The molecule has 1 fully saturated rings. The molecular weight excluding hydrogens is 314 g/mol. The van der Waals surface area contributed by atoms with Crippen molar-refractivity contribution >= 4 is 17.5 Å². The summed E-state index contributed by atoms with van der Waals surface area (Å²) in [5.74, 6) is 2.17. The lowest BCUT2D eigenvalue weighted by Crippen LogP contribution is -2.07. The molecule has 0 bridgehead atoms. The molecule has 0 radical (unpaired) electrons. The van der Waals surface area contributed by atoms with Crippen molar-refractivity contribution in [2.45, 2.75) is 18.9 Å². The highest BCUT2D eigenvalue weighted by Gasteiger charge is 2.22. The zero-order valence-electron chi connectivity index (χ0n) is 13.9. The molecule has 0 aliphatic heterocycles. The molecule has 0 unspecified atom stereocenters. The Hall–Kier alpha value is -3.15. The molecule has 2 heterocycles. The molecule has 1 aromatic carbocycles. The van der Waals surface area contributed by atoms with Crippen LogP contribution in [0.2, 0.25) is 0 Å². The first-order chi connectivity index (χ1) is 12.3. The molecule has 1 saturated carbocycles. The fourth-order valence-electron chi connectivity index (χ4n) is 2.51. The molecular formula is C19H19N5O. The molecule has 1 aliphatic carbocycles. The van der Waals surface area contributed by atoms with E-state index in [1.165, 1.54) is 12.8 Å². The van der Waals surface area contributed by atoms with Gasteiger partial charge in [-0.05, 0) is 37.1 Å². The van der Waals surface area contributed by atoms with E-state index in [0.29, 0.717) is 12.0 Å². The Morgan fingerprint density at radius 1 is 1.04 bits per heavy atom. The second-order valence-electron chi connectivity index (χ2n) is 5.97. The molecule has 3 aromatic rings. The summed E-state index contributed by atoms with van der Waals surface area (Å²) < 4.78 is 5.28. The minimum Gasteiger partial charge on any atom is -0.497 e. The van der Waals surface area contributed by atoms with Crippen LogP contribution in [-0.4, -0.2) is 28.1 Å². The van der Waals surface area contributed by atoms with Crippen molar-refractivity contribution in [2.24, 2.45) is 0 Å². The van der Waals surface area contributed by atoms with Crippen LogP contribution < -0.4 is 15.4 Å². The van der Waals surface area contributed by atoms with Crippen LogP contribution in [-0.2, 0) is 0 Å². The topological polar surface area (TPSA) is 72.0 Å². The smallest absolute Gasteiger partial charge is 0.225 e. The number of anilines is 3. The highest BCUT2D eigenvalue weighted by molar-refractivity contribution is 5.67. The number of aromatic nitrogens is 3. The second kappa shape index (κ2) is 6.76. The summed E-state index contributed by atoms with van der Waals surface area (Å²) in [6, 6.07) is 14.1. The van der Waals surface area contributed by atoms with E-state index < -0.39 is 0 Å². The minimum atomic E-state index is 0.484. The predicted molar refractivity (Wildman–Crippen MR) is 98.2 cm³/mol. The van der Waals surface area contributed by atoms with Crippen LogP contribution in [0.1, 0.15) is 12.8 Å². The first-order valence-corrected chi connectivity index (χ1v) is 8.27. The number of nitrogens with one attached hydrogen (secondary N) is 2. The third-order valence-corrected chi connectivity index (χ3v) is 3.95. The van der Waals surface area contributed by atoms with Crippen molar-refractivity contribution < 1.29 is 4.74 Å². The molecule has 6 heteroatoms. The number of ether oxygens (including phenoxy) is 1. The maximum absolute atomic E-state index is 5.28. The van der Waals surface area contributed by atoms with Gasteiger partial charge >= 0.3 is 0 Å². The number of benzene rings is 1. The monoisotopic (exact) mass is 333 g/mol. The molecule has 126 valence electrons. The van der Waals surface area contributed by atoms with Gasteiger partial charge in [0.05, 0.1) is 12.8 Å². The van der Waals surface area contributed by atoms with Gasteiger partial charge in [0.2, 0.25) is 5.95 Å². The highest BCUT2D eigenvalue weighted by Crippen LogP contribution is 2.28. The molecule has 0 spiro atoms. The lowest BCUT2D eigenvalue weighted by atomic mass is 10.2. The summed E-state index contributed by atoms with van der Waals surface area (Å²) in [5.41, 5.74) is 2.77. The van der Waals surface area contributed by atoms with Gasteiger partial charge < -0.3 is 15.4 Å². The molecule has 2 N–H and O–H groups in total. The van der Waals surface area contributed by atoms with E-state index in [2.05, 4.69) is 25.6 Å². The van der Waals surface area contributed by atoms with Crippen LogP contribution in [0.25, 0.3) is 11.3 Å². The zero-order valence-corrected chi connectivity index (χ0v) is 13.9. The number of rotatable bonds is 6. The van der Waals surface area contributed by atoms with Gasteiger partial charge in [0.1, 0.15) is 11.6 Å². The van der Waals surface area contributed by atoms with Gasteiger partial charge in [0, 0.05) is 41.8 Å². The number of pyridine rings is 1. The largest absolute Gasteiger partial charge is 0.497 e. The second-order valence-corrected chi connectivity index (χ2v) is 5.97. The van der Waals surface area contributed by atoms with Crippen LogP contribution in [0.15, 0.2) is 54.9 Å². The van der Waals surface area contributed by atoms with Gasteiger partial charge in [-0.1, -0.05) is 6.07 Å². The summed E-state index contributed by atoms with van der Waals surface area (Å²) in [7, 11) is 1.66. The highest BCUT2D eigenvalue weighted by atomic mass is 16.5. The number of methoxy groups -OCH3 is 1. The summed E-state index contributed by atoms with van der Waals surface area (Å²) >= 11 is 0. The van der Waals surface area contributed by atoms with Crippen molar-refractivity contribution in [1.29, 1.82) is 0 Å². The maximum Gasteiger partial charge on any atom is 0.225 e. The van der Waals surface area contributed by atoms with Gasteiger partial charge in [-0.3, -0.25) is 4.98 Å². The fourth-order valence-corrected chi connectivity index (χ4v) is 2.51. The quantitative estimate of drug-likeness (QED) is 0.713. The Morgan fingerprint density at radius 3 is 2.64 bits per heavy atom. The van der Waals surface area contributed by atoms with Crippen molar-refractivity contribution in [3.05, 3.63) is 54.9 Å². The SMILES string of the molecule is COc1cccc(Nc2cc(-c3ccncc3)nc(NC3CC3)n2)c1. The van der Waals surface area contributed by atoms with Gasteiger partial charge in [-0.15, -0.1) is 0 Å². The molecule has 2 aromatic heterocycles. The van der Waals surface area contributed by atoms with E-state index in [0.717, 1.165) is 28.5 Å². The number of hydrogen-bond donors (Lipinski definition) is 2. The summed E-state index contributed by atoms with van der Waals surface area (Å²) in [4.78, 5) is 13.3. The summed E-state index contributed by atoms with van der Waals surface area (Å²) in [6.07, 6.45) is 5.87. The summed E-state index contributed by atoms with van der Waals surface area (Å²) in [6.45, 7) is 0.